The molecule has 156 valence electrons. The van der Waals surface area contributed by atoms with Crippen molar-refractivity contribution in [2.24, 2.45) is 5.73 Å². The maximum Gasteiger partial charge on any atom is 0.573 e. The number of nitriles is 1. The van der Waals surface area contributed by atoms with Gasteiger partial charge in [-0.25, -0.2) is 0 Å². The Labute approximate surface area is 168 Å². The monoisotopic (exact) mass is 419 g/mol. The number of benzene rings is 2. The first-order valence-corrected chi connectivity index (χ1v) is 8.55. The van der Waals surface area contributed by atoms with Gasteiger partial charge in [-0.05, 0) is 42.8 Å². The zero-order chi connectivity index (χ0) is 22.1. The Bertz CT molecular complexity index is 1150. The average molecular weight is 419 g/mol. The van der Waals surface area contributed by atoms with E-state index >= 15 is 0 Å². The molecule has 0 radical (unpaired) electrons. The number of nitrogens with two attached hydrogens (primary N) is 1. The highest BCUT2D eigenvalue weighted by atomic mass is 19.4. The molecule has 8 nitrogen and oxygen atoms in total. The Morgan fingerprint density at radius 3 is 2.43 bits per heavy atom. The van der Waals surface area contributed by atoms with E-state index in [0.29, 0.717) is 16.8 Å². The third kappa shape index (κ3) is 4.27. The van der Waals surface area contributed by atoms with Crippen molar-refractivity contribution in [1.82, 2.24) is 15.0 Å². The van der Waals surface area contributed by atoms with Gasteiger partial charge in [0.05, 0.1) is 19.7 Å². The van der Waals surface area contributed by atoms with Crippen LogP contribution in [0.15, 0.2) is 36.4 Å². The number of primary amides is 1. The Morgan fingerprint density at radius 2 is 1.83 bits per heavy atom. The van der Waals surface area contributed by atoms with Crippen molar-refractivity contribution in [2.75, 3.05) is 7.11 Å². The maximum atomic E-state index is 12.6. The van der Waals surface area contributed by atoms with Crippen LogP contribution in [-0.2, 0) is 12.0 Å². The van der Waals surface area contributed by atoms with E-state index in [-0.39, 0.29) is 17.7 Å². The molecule has 2 N–H and O–H groups in total. The third-order valence-corrected chi connectivity index (χ3v) is 4.42. The molecule has 0 spiro atoms. The quantitative estimate of drug-likeness (QED) is 0.657. The van der Waals surface area contributed by atoms with Crippen LogP contribution in [0.5, 0.6) is 11.5 Å². The zero-order valence-corrected chi connectivity index (χ0v) is 15.9. The molecule has 1 aromatic heterocycles. The molecule has 0 aliphatic carbocycles. The number of nitrogens with zero attached hydrogens (tertiary/aromatic N) is 4. The standard InChI is InChI=1S/C19H16F3N5O3/c1-18(9-23,10-27-25-15-6-4-11(29-2)8-16(15)26-27)14-7-12(30-19(20,21)22)3-5-13(14)17(24)28/h3-8H,10H2,1-2H3,(H2,24,28). The Kier molecular flexibility index (Phi) is 5.26. The van der Waals surface area contributed by atoms with Gasteiger partial charge in [0, 0.05) is 11.6 Å². The molecule has 1 atom stereocenters. The van der Waals surface area contributed by atoms with Gasteiger partial charge in [0.2, 0.25) is 5.91 Å². The van der Waals surface area contributed by atoms with Crippen LogP contribution in [0, 0.1) is 11.3 Å². The highest BCUT2D eigenvalue weighted by Gasteiger charge is 2.35. The van der Waals surface area contributed by atoms with Crippen LogP contribution in [-0.4, -0.2) is 34.4 Å². The van der Waals surface area contributed by atoms with E-state index in [1.807, 2.05) is 6.07 Å². The van der Waals surface area contributed by atoms with Crippen molar-refractivity contribution in [3.05, 3.63) is 47.5 Å². The Hall–Kier alpha value is -3.81. The van der Waals surface area contributed by atoms with Gasteiger partial charge in [0.25, 0.3) is 0 Å². The van der Waals surface area contributed by atoms with Crippen LogP contribution in [0.3, 0.4) is 0 Å². The predicted molar refractivity (Wildman–Crippen MR) is 98.7 cm³/mol. The van der Waals surface area contributed by atoms with E-state index in [4.69, 9.17) is 10.5 Å². The van der Waals surface area contributed by atoms with Gasteiger partial charge in [0.15, 0.2) is 0 Å². The summed E-state index contributed by atoms with van der Waals surface area (Å²) in [5.74, 6) is -0.911. The topological polar surface area (TPSA) is 116 Å². The second-order valence-corrected chi connectivity index (χ2v) is 6.65. The molecule has 11 heteroatoms. The lowest BCUT2D eigenvalue weighted by molar-refractivity contribution is -0.274. The van der Waals surface area contributed by atoms with Crippen LogP contribution < -0.4 is 15.2 Å². The number of alkyl halides is 3. The predicted octanol–water partition coefficient (Wildman–Crippen LogP) is 2.92. The van der Waals surface area contributed by atoms with E-state index in [0.717, 1.165) is 18.2 Å². The lowest BCUT2D eigenvalue weighted by Crippen LogP contribution is -2.31. The fraction of sp³-hybridized carbons (Fsp3) is 0.263. The van der Waals surface area contributed by atoms with Gasteiger partial charge >= 0.3 is 6.36 Å². The first-order chi connectivity index (χ1) is 14.0. The number of rotatable bonds is 6. The van der Waals surface area contributed by atoms with Gasteiger partial charge in [-0.2, -0.15) is 20.3 Å². The number of fused-ring (bicyclic) bond motifs is 1. The fourth-order valence-electron chi connectivity index (χ4n) is 2.99. The minimum absolute atomic E-state index is 0.0295. The van der Waals surface area contributed by atoms with Crippen molar-refractivity contribution in [2.45, 2.75) is 25.2 Å². The van der Waals surface area contributed by atoms with Crippen LogP contribution in [0.2, 0.25) is 0 Å². The molecule has 1 unspecified atom stereocenters. The molecule has 0 bridgehead atoms. The number of hydrogen-bond acceptors (Lipinski definition) is 6. The van der Waals surface area contributed by atoms with E-state index < -0.39 is 23.4 Å². The molecule has 3 aromatic rings. The maximum absolute atomic E-state index is 12.6. The van der Waals surface area contributed by atoms with Crippen LogP contribution in [0.1, 0.15) is 22.8 Å². The molecule has 0 saturated carbocycles. The van der Waals surface area contributed by atoms with E-state index in [1.165, 1.54) is 18.8 Å². The molecule has 1 amide bonds. The molecule has 2 aromatic carbocycles. The number of carbonyl (C=O) groups is 1. The molecular formula is C19H16F3N5O3. The Balaban J connectivity index is 2.05. The van der Waals surface area contributed by atoms with Crippen molar-refractivity contribution >= 4 is 16.9 Å². The number of methoxy groups -OCH3 is 1. The van der Waals surface area contributed by atoms with Crippen LogP contribution >= 0.6 is 0 Å². The number of carbonyl (C=O) groups excluding carboxylic acids is 1. The number of hydrogen-bond donors (Lipinski definition) is 1. The molecular weight excluding hydrogens is 403 g/mol. The molecule has 0 saturated heterocycles. The van der Waals surface area contributed by atoms with Crippen LogP contribution in [0.25, 0.3) is 11.0 Å². The summed E-state index contributed by atoms with van der Waals surface area (Å²) < 4.78 is 46.9. The summed E-state index contributed by atoms with van der Waals surface area (Å²) in [5.41, 5.74) is 4.77. The van der Waals surface area contributed by atoms with E-state index in [1.54, 1.807) is 18.2 Å². The summed E-state index contributed by atoms with van der Waals surface area (Å²) in [4.78, 5) is 13.1. The summed E-state index contributed by atoms with van der Waals surface area (Å²) in [5, 5.41) is 18.4. The summed E-state index contributed by atoms with van der Waals surface area (Å²) in [6, 6.07) is 10.1. The zero-order valence-electron chi connectivity index (χ0n) is 15.9. The molecule has 0 fully saturated rings. The Morgan fingerprint density at radius 1 is 1.17 bits per heavy atom. The minimum atomic E-state index is -4.94. The summed E-state index contributed by atoms with van der Waals surface area (Å²) in [6.45, 7) is 1.29. The molecule has 3 rings (SSSR count). The first-order valence-electron chi connectivity index (χ1n) is 8.55. The molecule has 30 heavy (non-hydrogen) atoms. The average Bonchev–Trinajstić information content (AvgIpc) is 3.07. The largest absolute Gasteiger partial charge is 0.573 e. The molecule has 0 aliphatic heterocycles. The number of halogens is 3. The van der Waals surface area contributed by atoms with Gasteiger partial charge < -0.3 is 15.2 Å². The van der Waals surface area contributed by atoms with Crippen molar-refractivity contribution in [3.8, 4) is 17.6 Å². The van der Waals surface area contributed by atoms with E-state index in [9.17, 15) is 23.2 Å². The highest BCUT2D eigenvalue weighted by molar-refractivity contribution is 5.95. The molecule has 0 aliphatic rings. The smallest absolute Gasteiger partial charge is 0.497 e. The number of ether oxygens (including phenoxy) is 2. The second kappa shape index (κ2) is 7.55. The van der Waals surface area contributed by atoms with Crippen molar-refractivity contribution in [3.63, 3.8) is 0 Å². The summed E-state index contributed by atoms with van der Waals surface area (Å²) in [6.07, 6.45) is -4.94. The van der Waals surface area contributed by atoms with E-state index in [2.05, 4.69) is 14.9 Å². The minimum Gasteiger partial charge on any atom is -0.497 e. The first kappa shape index (κ1) is 20.9. The van der Waals surface area contributed by atoms with Crippen LogP contribution in [0.4, 0.5) is 13.2 Å². The summed E-state index contributed by atoms with van der Waals surface area (Å²) >= 11 is 0. The molecule has 1 heterocycles. The number of amides is 1. The van der Waals surface area contributed by atoms with Gasteiger partial charge in [-0.3, -0.25) is 4.79 Å². The number of aromatic nitrogens is 3. The van der Waals surface area contributed by atoms with Gasteiger partial charge in [-0.1, -0.05) is 0 Å². The van der Waals surface area contributed by atoms with Gasteiger partial charge in [0.1, 0.15) is 27.9 Å². The summed E-state index contributed by atoms with van der Waals surface area (Å²) in [7, 11) is 1.50. The lowest BCUT2D eigenvalue weighted by atomic mass is 9.81. The third-order valence-electron chi connectivity index (χ3n) is 4.42. The van der Waals surface area contributed by atoms with Crippen molar-refractivity contribution in [1.29, 1.82) is 5.26 Å². The fourth-order valence-corrected chi connectivity index (χ4v) is 2.99. The lowest BCUT2D eigenvalue weighted by Gasteiger charge is -2.24. The normalized spacial score (nSPS) is 13.5. The SMILES string of the molecule is COc1ccc2nn(CC(C)(C#N)c3cc(OC(F)(F)F)ccc3C(N)=O)nc2c1. The highest BCUT2D eigenvalue weighted by Crippen LogP contribution is 2.33. The second-order valence-electron chi connectivity index (χ2n) is 6.65. The van der Waals surface area contributed by atoms with Gasteiger partial charge in [-0.15, -0.1) is 13.2 Å². The van der Waals surface area contributed by atoms with Crippen molar-refractivity contribution < 1.29 is 27.4 Å².